The van der Waals surface area contributed by atoms with E-state index in [2.05, 4.69) is 53.6 Å². The van der Waals surface area contributed by atoms with E-state index < -0.39 is 0 Å². The predicted octanol–water partition coefficient (Wildman–Crippen LogP) is 4.61. The van der Waals surface area contributed by atoms with Crippen LogP contribution >= 0.6 is 0 Å². The summed E-state index contributed by atoms with van der Waals surface area (Å²) < 4.78 is 5.21. The van der Waals surface area contributed by atoms with E-state index in [9.17, 15) is 0 Å². The number of ether oxygens (including phenoxy) is 1. The van der Waals surface area contributed by atoms with Crippen LogP contribution in [0.15, 0.2) is 72.9 Å². The molecule has 0 radical (unpaired) electrons. The van der Waals surface area contributed by atoms with E-state index in [0.717, 1.165) is 23.6 Å². The summed E-state index contributed by atoms with van der Waals surface area (Å²) in [4.78, 5) is 4.48. The van der Waals surface area contributed by atoms with Crippen molar-refractivity contribution in [2.24, 2.45) is 0 Å². The molecule has 0 amide bonds. The van der Waals surface area contributed by atoms with Crippen LogP contribution in [0.2, 0.25) is 0 Å². The van der Waals surface area contributed by atoms with E-state index in [4.69, 9.17) is 4.74 Å². The number of methoxy groups -OCH3 is 1. The van der Waals surface area contributed by atoms with Gasteiger partial charge in [0.1, 0.15) is 5.75 Å². The zero-order valence-electron chi connectivity index (χ0n) is 14.1. The van der Waals surface area contributed by atoms with Crippen LogP contribution in [0.1, 0.15) is 24.1 Å². The Kier molecular flexibility index (Phi) is 5.24. The average Bonchev–Trinajstić information content (AvgIpc) is 2.67. The highest BCUT2D eigenvalue weighted by atomic mass is 16.5. The highest BCUT2D eigenvalue weighted by Crippen LogP contribution is 2.21. The van der Waals surface area contributed by atoms with Crippen LogP contribution < -0.4 is 10.1 Å². The molecule has 3 nitrogen and oxygen atoms in total. The molecule has 1 atom stereocenters. The van der Waals surface area contributed by atoms with E-state index in [1.54, 1.807) is 7.11 Å². The van der Waals surface area contributed by atoms with Gasteiger partial charge in [-0.2, -0.15) is 0 Å². The number of hydrogen-bond acceptors (Lipinski definition) is 3. The van der Waals surface area contributed by atoms with Gasteiger partial charge in [-0.05, 0) is 54.4 Å². The van der Waals surface area contributed by atoms with Gasteiger partial charge >= 0.3 is 0 Å². The molecule has 3 rings (SSSR count). The van der Waals surface area contributed by atoms with Gasteiger partial charge in [-0.1, -0.05) is 30.3 Å². The SMILES string of the molecule is COc1ccc(-c2cc(CN[C@H](C)c3ccccc3)ccn2)cc1. The molecule has 0 unspecified atom stereocenters. The number of nitrogens with zero attached hydrogens (tertiary/aromatic N) is 1. The van der Waals surface area contributed by atoms with Gasteiger partial charge < -0.3 is 10.1 Å². The summed E-state index contributed by atoms with van der Waals surface area (Å²) in [6.45, 7) is 2.99. The lowest BCUT2D eigenvalue weighted by atomic mass is 10.1. The maximum Gasteiger partial charge on any atom is 0.118 e. The highest BCUT2D eigenvalue weighted by molar-refractivity contribution is 5.60. The van der Waals surface area contributed by atoms with Crippen LogP contribution in [0.4, 0.5) is 0 Å². The fourth-order valence-corrected chi connectivity index (χ4v) is 2.63. The van der Waals surface area contributed by atoms with Crippen molar-refractivity contribution in [3.05, 3.63) is 84.1 Å². The second-order valence-corrected chi connectivity index (χ2v) is 5.79. The minimum atomic E-state index is 0.309. The monoisotopic (exact) mass is 318 g/mol. The summed E-state index contributed by atoms with van der Waals surface area (Å²) in [7, 11) is 1.67. The van der Waals surface area contributed by atoms with Gasteiger partial charge in [-0.3, -0.25) is 4.98 Å². The minimum absolute atomic E-state index is 0.309. The molecule has 0 saturated heterocycles. The van der Waals surface area contributed by atoms with E-state index in [1.807, 2.05) is 36.5 Å². The van der Waals surface area contributed by atoms with E-state index >= 15 is 0 Å². The van der Waals surface area contributed by atoms with Gasteiger partial charge in [-0.15, -0.1) is 0 Å². The first-order chi connectivity index (χ1) is 11.8. The number of rotatable bonds is 6. The smallest absolute Gasteiger partial charge is 0.118 e. The molecule has 1 heterocycles. The quantitative estimate of drug-likeness (QED) is 0.721. The zero-order chi connectivity index (χ0) is 16.8. The second-order valence-electron chi connectivity index (χ2n) is 5.79. The summed E-state index contributed by atoms with van der Waals surface area (Å²) in [5, 5.41) is 3.56. The van der Waals surface area contributed by atoms with E-state index in [-0.39, 0.29) is 0 Å². The number of pyridine rings is 1. The van der Waals surface area contributed by atoms with Gasteiger partial charge in [0.25, 0.3) is 0 Å². The van der Waals surface area contributed by atoms with Crippen LogP contribution in [-0.4, -0.2) is 12.1 Å². The van der Waals surface area contributed by atoms with Crippen molar-refractivity contribution in [2.75, 3.05) is 7.11 Å². The van der Waals surface area contributed by atoms with Crippen molar-refractivity contribution >= 4 is 0 Å². The van der Waals surface area contributed by atoms with Crippen molar-refractivity contribution in [3.8, 4) is 17.0 Å². The molecule has 0 spiro atoms. The third-order valence-corrected chi connectivity index (χ3v) is 4.12. The molecule has 1 N–H and O–H groups in total. The first-order valence-corrected chi connectivity index (χ1v) is 8.14. The van der Waals surface area contributed by atoms with Crippen LogP contribution in [-0.2, 0) is 6.54 Å². The minimum Gasteiger partial charge on any atom is -0.497 e. The molecule has 24 heavy (non-hydrogen) atoms. The number of aromatic nitrogens is 1. The number of hydrogen-bond donors (Lipinski definition) is 1. The second kappa shape index (κ2) is 7.75. The summed E-state index contributed by atoms with van der Waals surface area (Å²) in [5.74, 6) is 0.855. The summed E-state index contributed by atoms with van der Waals surface area (Å²) in [5.41, 5.74) is 4.58. The Hall–Kier alpha value is -2.65. The fourth-order valence-electron chi connectivity index (χ4n) is 2.63. The Morgan fingerprint density at radius 1 is 1.00 bits per heavy atom. The maximum atomic E-state index is 5.21. The van der Waals surface area contributed by atoms with Gasteiger partial charge in [-0.25, -0.2) is 0 Å². The van der Waals surface area contributed by atoms with Gasteiger partial charge in [0.2, 0.25) is 0 Å². The van der Waals surface area contributed by atoms with Crippen LogP contribution in [0, 0.1) is 0 Å². The predicted molar refractivity (Wildman–Crippen MR) is 97.9 cm³/mol. The molecular formula is C21H22N2O. The van der Waals surface area contributed by atoms with E-state index in [1.165, 1.54) is 11.1 Å². The van der Waals surface area contributed by atoms with Gasteiger partial charge in [0.15, 0.2) is 0 Å². The topological polar surface area (TPSA) is 34.1 Å². The Balaban J connectivity index is 1.68. The Bertz CT molecular complexity index is 769. The third-order valence-electron chi connectivity index (χ3n) is 4.12. The lowest BCUT2D eigenvalue weighted by molar-refractivity contribution is 0.415. The molecule has 0 aliphatic heterocycles. The lowest BCUT2D eigenvalue weighted by Crippen LogP contribution is -2.18. The summed E-state index contributed by atoms with van der Waals surface area (Å²) >= 11 is 0. The molecule has 122 valence electrons. The molecule has 1 aromatic heterocycles. The summed E-state index contributed by atoms with van der Waals surface area (Å²) in [6.07, 6.45) is 1.86. The van der Waals surface area contributed by atoms with Gasteiger partial charge in [0.05, 0.1) is 12.8 Å². The Morgan fingerprint density at radius 2 is 1.75 bits per heavy atom. The molecule has 3 aromatic rings. The van der Waals surface area contributed by atoms with Crippen LogP contribution in [0.3, 0.4) is 0 Å². The standard InChI is InChI=1S/C21H22N2O/c1-16(18-6-4-3-5-7-18)23-15-17-12-13-22-21(14-17)19-8-10-20(24-2)11-9-19/h3-14,16,23H,15H2,1-2H3/t16-/m1/s1. The Labute approximate surface area is 143 Å². The zero-order valence-corrected chi connectivity index (χ0v) is 14.1. The molecule has 3 heteroatoms. The fraction of sp³-hybridized carbons (Fsp3) is 0.190. The van der Waals surface area contributed by atoms with E-state index in [0.29, 0.717) is 6.04 Å². The number of benzene rings is 2. The Morgan fingerprint density at radius 3 is 2.46 bits per heavy atom. The molecule has 0 bridgehead atoms. The maximum absolute atomic E-state index is 5.21. The largest absolute Gasteiger partial charge is 0.497 e. The van der Waals surface area contributed by atoms with Crippen LogP contribution in [0.25, 0.3) is 11.3 Å². The molecule has 0 aliphatic carbocycles. The lowest BCUT2D eigenvalue weighted by Gasteiger charge is -2.14. The molecule has 0 fully saturated rings. The molecular weight excluding hydrogens is 296 g/mol. The third kappa shape index (κ3) is 4.00. The van der Waals surface area contributed by atoms with Crippen molar-refractivity contribution in [1.82, 2.24) is 10.3 Å². The molecule has 0 saturated carbocycles. The van der Waals surface area contributed by atoms with Gasteiger partial charge in [0, 0.05) is 24.3 Å². The molecule has 0 aliphatic rings. The first-order valence-electron chi connectivity index (χ1n) is 8.14. The normalized spacial score (nSPS) is 11.9. The summed E-state index contributed by atoms with van der Waals surface area (Å²) in [6, 6.07) is 23.0. The van der Waals surface area contributed by atoms with Crippen molar-refractivity contribution in [1.29, 1.82) is 0 Å². The van der Waals surface area contributed by atoms with Crippen molar-refractivity contribution in [3.63, 3.8) is 0 Å². The molecule has 2 aromatic carbocycles. The highest BCUT2D eigenvalue weighted by Gasteiger charge is 2.05. The average molecular weight is 318 g/mol. The number of nitrogens with one attached hydrogen (secondary N) is 1. The van der Waals surface area contributed by atoms with Crippen molar-refractivity contribution in [2.45, 2.75) is 19.5 Å². The van der Waals surface area contributed by atoms with Crippen LogP contribution in [0.5, 0.6) is 5.75 Å². The van der Waals surface area contributed by atoms with Crippen molar-refractivity contribution < 1.29 is 4.74 Å². The first kappa shape index (κ1) is 16.2.